The lowest BCUT2D eigenvalue weighted by molar-refractivity contribution is -0.142. The number of nitrogens with zero attached hydrogens (tertiary/aromatic N) is 1. The summed E-state index contributed by atoms with van der Waals surface area (Å²) in [5.41, 5.74) is 0. The average Bonchev–Trinajstić information content (AvgIpc) is 2.50. The molecule has 1 atom stereocenters. The van der Waals surface area contributed by atoms with Crippen LogP contribution in [0.25, 0.3) is 0 Å². The lowest BCUT2D eigenvalue weighted by Crippen LogP contribution is -2.52. The van der Waals surface area contributed by atoms with Gasteiger partial charge in [0.25, 0.3) is 0 Å². The molecule has 0 saturated carbocycles. The first-order valence-electron chi connectivity index (χ1n) is 8.35. The molecule has 2 amide bonds. The van der Waals surface area contributed by atoms with Gasteiger partial charge < -0.3 is 15.3 Å². The first-order chi connectivity index (χ1) is 10.6. The number of carboxylic acid groups (broad SMARTS) is 1. The van der Waals surface area contributed by atoms with Gasteiger partial charge in [0, 0.05) is 25.9 Å². The van der Waals surface area contributed by atoms with E-state index in [1.54, 1.807) is 4.90 Å². The molecule has 1 saturated heterocycles. The lowest BCUT2D eigenvalue weighted by Gasteiger charge is -2.34. The molecule has 1 fully saturated rings. The van der Waals surface area contributed by atoms with Gasteiger partial charge in [0.15, 0.2) is 0 Å². The van der Waals surface area contributed by atoms with Crippen LogP contribution in [-0.4, -0.2) is 46.9 Å². The third kappa shape index (κ3) is 6.45. The van der Waals surface area contributed by atoms with Crippen LogP contribution in [0.1, 0.15) is 64.7 Å². The molecule has 1 aliphatic heterocycles. The van der Waals surface area contributed by atoms with Crippen LogP contribution in [0.5, 0.6) is 0 Å². The molecule has 6 heteroatoms. The molecule has 1 heterocycles. The van der Waals surface area contributed by atoms with Crippen molar-refractivity contribution in [1.82, 2.24) is 10.2 Å². The van der Waals surface area contributed by atoms with Gasteiger partial charge in [0.05, 0.1) is 0 Å². The fourth-order valence-electron chi connectivity index (χ4n) is 2.77. The summed E-state index contributed by atoms with van der Waals surface area (Å²) in [6.45, 7) is 3.19. The van der Waals surface area contributed by atoms with Crippen LogP contribution in [0.3, 0.4) is 0 Å². The molecular formula is C16H28N2O4. The number of nitrogens with one attached hydrogen (secondary N) is 1. The zero-order valence-corrected chi connectivity index (χ0v) is 13.5. The van der Waals surface area contributed by atoms with Gasteiger partial charge in [-0.05, 0) is 38.5 Å². The normalized spacial score (nSPS) is 18.0. The minimum absolute atomic E-state index is 0.0672. The highest BCUT2D eigenvalue weighted by Gasteiger charge is 2.31. The second kappa shape index (κ2) is 10.2. The van der Waals surface area contributed by atoms with Crippen molar-refractivity contribution < 1.29 is 19.5 Å². The number of aliphatic carboxylic acids is 1. The Morgan fingerprint density at radius 3 is 2.59 bits per heavy atom. The van der Waals surface area contributed by atoms with Gasteiger partial charge in [-0.25, -0.2) is 0 Å². The Labute approximate surface area is 132 Å². The highest BCUT2D eigenvalue weighted by atomic mass is 16.4. The van der Waals surface area contributed by atoms with E-state index in [0.29, 0.717) is 25.9 Å². The number of carboxylic acids is 1. The van der Waals surface area contributed by atoms with Gasteiger partial charge in [0.2, 0.25) is 11.8 Å². The van der Waals surface area contributed by atoms with Crippen LogP contribution >= 0.6 is 0 Å². The van der Waals surface area contributed by atoms with Crippen molar-refractivity contribution in [2.24, 2.45) is 0 Å². The second-order valence-electron chi connectivity index (χ2n) is 5.84. The zero-order chi connectivity index (χ0) is 16.4. The Balaban J connectivity index is 2.32. The van der Waals surface area contributed by atoms with Gasteiger partial charge >= 0.3 is 5.97 Å². The molecule has 1 unspecified atom stereocenters. The molecule has 0 aromatic carbocycles. The van der Waals surface area contributed by atoms with Crippen LogP contribution < -0.4 is 5.32 Å². The molecule has 22 heavy (non-hydrogen) atoms. The zero-order valence-electron chi connectivity index (χ0n) is 13.5. The van der Waals surface area contributed by atoms with Gasteiger partial charge in [-0.15, -0.1) is 0 Å². The summed E-state index contributed by atoms with van der Waals surface area (Å²) in [5, 5.41) is 11.4. The molecule has 1 aliphatic rings. The summed E-state index contributed by atoms with van der Waals surface area (Å²) >= 11 is 0. The fraction of sp³-hybridized carbons (Fsp3) is 0.812. The van der Waals surface area contributed by atoms with Crippen molar-refractivity contribution in [3.05, 3.63) is 0 Å². The maximum Gasteiger partial charge on any atom is 0.303 e. The topological polar surface area (TPSA) is 86.7 Å². The maximum atomic E-state index is 12.3. The van der Waals surface area contributed by atoms with Crippen molar-refractivity contribution >= 4 is 17.8 Å². The Morgan fingerprint density at radius 2 is 1.91 bits per heavy atom. The molecule has 6 nitrogen and oxygen atoms in total. The summed E-state index contributed by atoms with van der Waals surface area (Å²) in [6, 6.07) is -0.327. The van der Waals surface area contributed by atoms with E-state index in [1.807, 2.05) is 6.92 Å². The number of amides is 2. The van der Waals surface area contributed by atoms with E-state index in [2.05, 4.69) is 5.32 Å². The Hall–Kier alpha value is -1.59. The van der Waals surface area contributed by atoms with E-state index in [1.165, 1.54) is 0 Å². The number of likely N-dealkylation sites (tertiary alicyclic amines) is 1. The summed E-state index contributed by atoms with van der Waals surface area (Å²) in [7, 11) is 0. The SMILES string of the molecule is CCCC(=O)N1CCCCC1C(=O)NCCCCCC(=O)O. The monoisotopic (exact) mass is 312 g/mol. The second-order valence-corrected chi connectivity index (χ2v) is 5.84. The van der Waals surface area contributed by atoms with Crippen molar-refractivity contribution in [2.75, 3.05) is 13.1 Å². The van der Waals surface area contributed by atoms with E-state index >= 15 is 0 Å². The van der Waals surface area contributed by atoms with Crippen molar-refractivity contribution in [3.63, 3.8) is 0 Å². The number of hydrogen-bond donors (Lipinski definition) is 2. The Kier molecular flexibility index (Phi) is 8.55. The molecule has 126 valence electrons. The highest BCUT2D eigenvalue weighted by Crippen LogP contribution is 2.18. The largest absolute Gasteiger partial charge is 0.481 e. The van der Waals surface area contributed by atoms with Crippen molar-refractivity contribution in [3.8, 4) is 0 Å². The third-order valence-electron chi connectivity index (χ3n) is 3.96. The first kappa shape index (κ1) is 18.5. The molecule has 0 spiro atoms. The van der Waals surface area contributed by atoms with E-state index in [-0.39, 0.29) is 24.3 Å². The number of piperidine rings is 1. The van der Waals surface area contributed by atoms with Crippen LogP contribution in [0.4, 0.5) is 0 Å². The van der Waals surface area contributed by atoms with E-state index in [4.69, 9.17) is 5.11 Å². The molecule has 0 aromatic rings. The minimum Gasteiger partial charge on any atom is -0.481 e. The fourth-order valence-corrected chi connectivity index (χ4v) is 2.77. The van der Waals surface area contributed by atoms with Gasteiger partial charge in [-0.3, -0.25) is 14.4 Å². The summed E-state index contributed by atoms with van der Waals surface area (Å²) in [6.07, 6.45) is 6.35. The van der Waals surface area contributed by atoms with Gasteiger partial charge in [0.1, 0.15) is 6.04 Å². The number of carbonyl (C=O) groups is 3. The standard InChI is InChI=1S/C16H28N2O4/c1-2-8-14(19)18-12-7-5-9-13(18)16(22)17-11-6-3-4-10-15(20)21/h13H,2-12H2,1H3,(H,17,22)(H,20,21). The van der Waals surface area contributed by atoms with Crippen molar-refractivity contribution in [1.29, 1.82) is 0 Å². The third-order valence-corrected chi connectivity index (χ3v) is 3.96. The van der Waals surface area contributed by atoms with Crippen molar-refractivity contribution in [2.45, 2.75) is 70.8 Å². The lowest BCUT2D eigenvalue weighted by atomic mass is 10.0. The number of hydrogen-bond acceptors (Lipinski definition) is 3. The predicted molar refractivity (Wildman–Crippen MR) is 83.4 cm³/mol. The Bertz CT molecular complexity index is 384. The predicted octanol–water partition coefficient (Wildman–Crippen LogP) is 1.93. The maximum absolute atomic E-state index is 12.3. The molecular weight excluding hydrogens is 284 g/mol. The molecule has 1 rings (SSSR count). The van der Waals surface area contributed by atoms with Crippen LogP contribution in [0.2, 0.25) is 0 Å². The molecule has 0 aliphatic carbocycles. The van der Waals surface area contributed by atoms with Crippen LogP contribution in [-0.2, 0) is 14.4 Å². The number of rotatable bonds is 9. The summed E-state index contributed by atoms with van der Waals surface area (Å²) < 4.78 is 0. The molecule has 0 radical (unpaired) electrons. The Morgan fingerprint density at radius 1 is 1.14 bits per heavy atom. The quantitative estimate of drug-likeness (QED) is 0.637. The first-order valence-corrected chi connectivity index (χ1v) is 8.35. The number of carbonyl (C=O) groups excluding carboxylic acids is 2. The van der Waals surface area contributed by atoms with E-state index in [9.17, 15) is 14.4 Å². The summed E-state index contributed by atoms with van der Waals surface area (Å²) in [4.78, 5) is 36.5. The van der Waals surface area contributed by atoms with Gasteiger partial charge in [-0.1, -0.05) is 13.3 Å². The van der Waals surface area contributed by atoms with E-state index < -0.39 is 5.97 Å². The van der Waals surface area contributed by atoms with Gasteiger partial charge in [-0.2, -0.15) is 0 Å². The average molecular weight is 312 g/mol. The molecule has 2 N–H and O–H groups in total. The molecule has 0 aromatic heterocycles. The summed E-state index contributed by atoms with van der Waals surface area (Å²) in [5.74, 6) is -0.775. The smallest absolute Gasteiger partial charge is 0.303 e. The van der Waals surface area contributed by atoms with Crippen LogP contribution in [0.15, 0.2) is 0 Å². The number of unbranched alkanes of at least 4 members (excludes halogenated alkanes) is 2. The van der Waals surface area contributed by atoms with E-state index in [0.717, 1.165) is 38.5 Å². The minimum atomic E-state index is -0.781. The van der Waals surface area contributed by atoms with Crippen LogP contribution in [0, 0.1) is 0 Å². The highest BCUT2D eigenvalue weighted by molar-refractivity contribution is 5.87. The molecule has 0 bridgehead atoms.